The Hall–Kier alpha value is -1.73. The SMILES string of the molecule is CNc1nc(CN)nc2c1ncn2C1CCCCO1. The first-order valence-corrected chi connectivity index (χ1v) is 6.56. The normalized spacial score (nSPS) is 19.8. The van der Waals surface area contributed by atoms with Crippen molar-refractivity contribution in [2.75, 3.05) is 19.0 Å². The smallest absolute Gasteiger partial charge is 0.167 e. The molecule has 2 aromatic heterocycles. The lowest BCUT2D eigenvalue weighted by Gasteiger charge is -2.23. The Morgan fingerprint density at radius 2 is 2.37 bits per heavy atom. The van der Waals surface area contributed by atoms with Crippen molar-refractivity contribution in [3.05, 3.63) is 12.2 Å². The van der Waals surface area contributed by atoms with Gasteiger partial charge in [0.25, 0.3) is 0 Å². The highest BCUT2D eigenvalue weighted by molar-refractivity contribution is 5.82. The van der Waals surface area contributed by atoms with Crippen molar-refractivity contribution >= 4 is 17.0 Å². The van der Waals surface area contributed by atoms with Crippen LogP contribution in [-0.4, -0.2) is 33.2 Å². The zero-order chi connectivity index (χ0) is 13.2. The summed E-state index contributed by atoms with van der Waals surface area (Å²) >= 11 is 0. The van der Waals surface area contributed by atoms with Crippen LogP contribution in [0.25, 0.3) is 11.2 Å². The van der Waals surface area contributed by atoms with Gasteiger partial charge in [-0.05, 0) is 19.3 Å². The molecule has 3 heterocycles. The van der Waals surface area contributed by atoms with Crippen molar-refractivity contribution in [3.63, 3.8) is 0 Å². The molecule has 1 aliphatic heterocycles. The van der Waals surface area contributed by atoms with E-state index in [9.17, 15) is 0 Å². The Bertz CT molecular complexity index is 575. The number of imidazole rings is 1. The van der Waals surface area contributed by atoms with Crippen LogP contribution < -0.4 is 11.1 Å². The van der Waals surface area contributed by atoms with E-state index in [1.807, 2.05) is 11.6 Å². The van der Waals surface area contributed by atoms with Crippen molar-refractivity contribution in [1.82, 2.24) is 19.5 Å². The second-order valence-corrected chi connectivity index (χ2v) is 4.59. The third-order valence-corrected chi connectivity index (χ3v) is 3.35. The van der Waals surface area contributed by atoms with E-state index in [0.717, 1.165) is 37.0 Å². The predicted molar refractivity (Wildman–Crippen MR) is 71.6 cm³/mol. The molecule has 102 valence electrons. The third kappa shape index (κ3) is 2.15. The highest BCUT2D eigenvalue weighted by Crippen LogP contribution is 2.27. The van der Waals surface area contributed by atoms with Gasteiger partial charge >= 0.3 is 0 Å². The molecule has 0 aromatic carbocycles. The Labute approximate surface area is 111 Å². The van der Waals surface area contributed by atoms with E-state index < -0.39 is 0 Å². The summed E-state index contributed by atoms with van der Waals surface area (Å²) in [5.41, 5.74) is 7.19. The monoisotopic (exact) mass is 262 g/mol. The fraction of sp³-hybridized carbons (Fsp3) is 0.583. The molecular formula is C12H18N6O. The fourth-order valence-electron chi connectivity index (χ4n) is 2.38. The molecule has 1 fully saturated rings. The van der Waals surface area contributed by atoms with E-state index in [-0.39, 0.29) is 6.23 Å². The summed E-state index contributed by atoms with van der Waals surface area (Å²) in [5.74, 6) is 1.31. The second-order valence-electron chi connectivity index (χ2n) is 4.59. The van der Waals surface area contributed by atoms with Gasteiger partial charge in [0.05, 0.1) is 12.9 Å². The minimum Gasteiger partial charge on any atom is -0.371 e. The lowest BCUT2D eigenvalue weighted by atomic mass is 10.2. The molecule has 0 saturated carbocycles. The Kier molecular flexibility index (Phi) is 3.31. The summed E-state index contributed by atoms with van der Waals surface area (Å²) in [5, 5.41) is 3.04. The first-order chi connectivity index (χ1) is 9.33. The first-order valence-electron chi connectivity index (χ1n) is 6.56. The Balaban J connectivity index is 2.09. The number of anilines is 1. The van der Waals surface area contributed by atoms with Crippen LogP contribution in [0.5, 0.6) is 0 Å². The average Bonchev–Trinajstić information content (AvgIpc) is 2.90. The lowest BCUT2D eigenvalue weighted by Crippen LogP contribution is -2.18. The Morgan fingerprint density at radius 3 is 3.05 bits per heavy atom. The number of hydrogen-bond donors (Lipinski definition) is 2. The van der Waals surface area contributed by atoms with Crippen molar-refractivity contribution in [1.29, 1.82) is 0 Å². The van der Waals surface area contributed by atoms with Gasteiger partial charge < -0.3 is 15.8 Å². The van der Waals surface area contributed by atoms with Crippen LogP contribution in [0.1, 0.15) is 31.3 Å². The minimum absolute atomic E-state index is 0.0176. The fourth-order valence-corrected chi connectivity index (χ4v) is 2.38. The van der Waals surface area contributed by atoms with Gasteiger partial charge in [-0.15, -0.1) is 0 Å². The quantitative estimate of drug-likeness (QED) is 0.858. The van der Waals surface area contributed by atoms with E-state index in [1.54, 1.807) is 6.33 Å². The molecule has 0 spiro atoms. The summed E-state index contributed by atoms with van der Waals surface area (Å²) in [4.78, 5) is 13.2. The molecular weight excluding hydrogens is 244 g/mol. The molecule has 1 aliphatic rings. The number of nitrogens with one attached hydrogen (secondary N) is 1. The van der Waals surface area contributed by atoms with E-state index in [2.05, 4.69) is 20.3 Å². The van der Waals surface area contributed by atoms with Gasteiger partial charge in [-0.2, -0.15) is 0 Å². The molecule has 19 heavy (non-hydrogen) atoms. The number of ether oxygens (including phenoxy) is 1. The van der Waals surface area contributed by atoms with Crippen LogP contribution >= 0.6 is 0 Å². The maximum absolute atomic E-state index is 5.79. The number of fused-ring (bicyclic) bond motifs is 1. The zero-order valence-electron chi connectivity index (χ0n) is 11.0. The van der Waals surface area contributed by atoms with Gasteiger partial charge in [-0.3, -0.25) is 4.57 Å². The number of nitrogens with two attached hydrogens (primary N) is 1. The van der Waals surface area contributed by atoms with Gasteiger partial charge in [0.15, 0.2) is 17.0 Å². The van der Waals surface area contributed by atoms with E-state index in [0.29, 0.717) is 18.2 Å². The molecule has 0 bridgehead atoms. The third-order valence-electron chi connectivity index (χ3n) is 3.35. The van der Waals surface area contributed by atoms with E-state index in [4.69, 9.17) is 10.5 Å². The lowest BCUT2D eigenvalue weighted by molar-refractivity contribution is -0.0298. The molecule has 3 N–H and O–H groups in total. The highest BCUT2D eigenvalue weighted by Gasteiger charge is 2.20. The molecule has 7 heteroatoms. The van der Waals surface area contributed by atoms with Crippen LogP contribution in [0, 0.1) is 0 Å². The maximum Gasteiger partial charge on any atom is 0.167 e. The minimum atomic E-state index is 0.0176. The van der Waals surface area contributed by atoms with Crippen LogP contribution in [0.2, 0.25) is 0 Å². The van der Waals surface area contributed by atoms with Crippen LogP contribution in [0.3, 0.4) is 0 Å². The summed E-state index contributed by atoms with van der Waals surface area (Å²) in [6.07, 6.45) is 5.06. The van der Waals surface area contributed by atoms with Crippen LogP contribution in [-0.2, 0) is 11.3 Å². The van der Waals surface area contributed by atoms with Crippen molar-refractivity contribution < 1.29 is 4.74 Å². The van der Waals surface area contributed by atoms with Crippen molar-refractivity contribution in [2.45, 2.75) is 32.0 Å². The Morgan fingerprint density at radius 1 is 1.47 bits per heavy atom. The average molecular weight is 262 g/mol. The molecule has 1 atom stereocenters. The van der Waals surface area contributed by atoms with Crippen molar-refractivity contribution in [3.8, 4) is 0 Å². The summed E-state index contributed by atoms with van der Waals surface area (Å²) in [7, 11) is 1.82. The summed E-state index contributed by atoms with van der Waals surface area (Å²) in [6.45, 7) is 1.10. The molecule has 0 aliphatic carbocycles. The van der Waals surface area contributed by atoms with E-state index in [1.165, 1.54) is 0 Å². The standard InChI is InChI=1S/C12H18N6O/c1-14-11-10-12(17-8(6-13)16-11)18(7-15-10)9-4-2-3-5-19-9/h7,9H,2-6,13H2,1H3,(H,14,16,17). The van der Waals surface area contributed by atoms with E-state index >= 15 is 0 Å². The van der Waals surface area contributed by atoms with Gasteiger partial charge in [0, 0.05) is 13.7 Å². The topological polar surface area (TPSA) is 90.9 Å². The second kappa shape index (κ2) is 5.10. The zero-order valence-corrected chi connectivity index (χ0v) is 11.0. The van der Waals surface area contributed by atoms with Crippen molar-refractivity contribution in [2.24, 2.45) is 5.73 Å². The number of aromatic nitrogens is 4. The van der Waals surface area contributed by atoms with Gasteiger partial charge in [-0.25, -0.2) is 15.0 Å². The molecule has 1 unspecified atom stereocenters. The predicted octanol–water partition coefficient (Wildman–Crippen LogP) is 1.03. The van der Waals surface area contributed by atoms with Gasteiger partial charge in [-0.1, -0.05) is 0 Å². The summed E-state index contributed by atoms with van der Waals surface area (Å²) in [6, 6.07) is 0. The molecule has 7 nitrogen and oxygen atoms in total. The molecule has 2 aromatic rings. The number of rotatable bonds is 3. The van der Waals surface area contributed by atoms with Crippen LogP contribution in [0.4, 0.5) is 5.82 Å². The largest absolute Gasteiger partial charge is 0.371 e. The molecule has 0 radical (unpaired) electrons. The number of hydrogen-bond acceptors (Lipinski definition) is 6. The molecule has 0 amide bonds. The molecule has 3 rings (SSSR count). The summed E-state index contributed by atoms with van der Waals surface area (Å²) < 4.78 is 7.77. The number of nitrogens with zero attached hydrogens (tertiary/aromatic N) is 4. The first kappa shape index (κ1) is 12.3. The van der Waals surface area contributed by atoms with Crippen LogP contribution in [0.15, 0.2) is 6.33 Å². The molecule has 1 saturated heterocycles. The highest BCUT2D eigenvalue weighted by atomic mass is 16.5. The maximum atomic E-state index is 5.79. The van der Waals surface area contributed by atoms with Gasteiger partial charge in [0.2, 0.25) is 0 Å². The van der Waals surface area contributed by atoms with Gasteiger partial charge in [0.1, 0.15) is 12.1 Å².